The first-order valence-electron chi connectivity index (χ1n) is 7.77. The monoisotopic (exact) mass is 352 g/mol. The van der Waals surface area contributed by atoms with Crippen LogP contribution in [0.15, 0.2) is 42.9 Å². The number of nitrogens with two attached hydrogens (primary N) is 1. The van der Waals surface area contributed by atoms with E-state index in [0.29, 0.717) is 11.7 Å². The molecule has 0 aromatic carbocycles. The Hall–Kier alpha value is -2.91. The Labute approximate surface area is 151 Å². The number of aromatic nitrogens is 4. The number of rotatable bonds is 3. The van der Waals surface area contributed by atoms with E-state index in [1.165, 1.54) is 0 Å². The van der Waals surface area contributed by atoms with Gasteiger partial charge in [-0.2, -0.15) is 10.4 Å². The van der Waals surface area contributed by atoms with E-state index in [1.54, 1.807) is 24.1 Å². The molecule has 1 saturated carbocycles. The van der Waals surface area contributed by atoms with Crippen LogP contribution < -0.4 is 5.73 Å². The number of hydrogen-bond acceptors (Lipinski definition) is 5. The molecule has 0 amide bonds. The molecule has 4 rings (SSSR count). The number of anilines is 1. The highest BCUT2D eigenvalue weighted by Gasteiger charge is 2.38. The van der Waals surface area contributed by atoms with Crippen molar-refractivity contribution in [2.75, 3.05) is 5.73 Å². The summed E-state index contributed by atoms with van der Waals surface area (Å²) in [5, 5.41) is 13.1. The Balaban J connectivity index is 0.00000182. The van der Waals surface area contributed by atoms with Crippen molar-refractivity contribution in [3.8, 4) is 28.6 Å². The number of pyridine rings is 2. The molecule has 1 fully saturated rings. The van der Waals surface area contributed by atoms with Gasteiger partial charge in [0.1, 0.15) is 5.82 Å². The second-order valence-corrected chi connectivity index (χ2v) is 6.05. The van der Waals surface area contributed by atoms with Crippen molar-refractivity contribution in [2.24, 2.45) is 13.0 Å². The fraction of sp³-hybridized carbons (Fsp3) is 0.222. The van der Waals surface area contributed by atoms with Gasteiger partial charge in [0, 0.05) is 30.9 Å². The highest BCUT2D eigenvalue weighted by molar-refractivity contribution is 5.85. The summed E-state index contributed by atoms with van der Waals surface area (Å²) in [5.41, 5.74) is 10.5. The van der Waals surface area contributed by atoms with Crippen molar-refractivity contribution >= 4 is 18.2 Å². The molecule has 1 aliphatic carbocycles. The highest BCUT2D eigenvalue weighted by atomic mass is 35.5. The van der Waals surface area contributed by atoms with Gasteiger partial charge in [-0.1, -0.05) is 6.07 Å². The largest absolute Gasteiger partial charge is 0.383 e. The van der Waals surface area contributed by atoms with Gasteiger partial charge in [0.2, 0.25) is 0 Å². The predicted molar refractivity (Wildman–Crippen MR) is 97.8 cm³/mol. The molecule has 0 aliphatic heterocycles. The third kappa shape index (κ3) is 3.06. The molecular formula is C18H17ClN6. The minimum absolute atomic E-state index is 0. The quantitative estimate of drug-likeness (QED) is 0.781. The lowest BCUT2D eigenvalue weighted by Crippen LogP contribution is -1.98. The summed E-state index contributed by atoms with van der Waals surface area (Å²) in [6.45, 7) is 0. The Morgan fingerprint density at radius 2 is 1.88 bits per heavy atom. The van der Waals surface area contributed by atoms with E-state index >= 15 is 0 Å². The second-order valence-electron chi connectivity index (χ2n) is 6.05. The fourth-order valence-corrected chi connectivity index (χ4v) is 2.85. The summed E-state index contributed by atoms with van der Waals surface area (Å²) in [7, 11) is 1.80. The molecule has 126 valence electrons. The third-order valence-electron chi connectivity index (χ3n) is 4.49. The molecule has 3 heterocycles. The lowest BCUT2D eigenvalue weighted by molar-refractivity contribution is 0.779. The normalized spacial score (nSPS) is 18.2. The number of hydrogen-bond donors (Lipinski definition) is 1. The number of aryl methyl sites for hydroxylation is 1. The van der Waals surface area contributed by atoms with Crippen LogP contribution in [-0.2, 0) is 7.05 Å². The Morgan fingerprint density at radius 3 is 2.40 bits per heavy atom. The molecule has 2 N–H and O–H groups in total. The SMILES string of the molecule is Cl.Cn1ncc(-c2ccc(-c3ccc(C4CC4C#N)cn3)cn2)c1N. The van der Waals surface area contributed by atoms with Crippen molar-refractivity contribution in [1.82, 2.24) is 19.7 Å². The summed E-state index contributed by atoms with van der Waals surface area (Å²) in [6.07, 6.45) is 6.31. The first kappa shape index (κ1) is 16.9. The molecule has 0 saturated heterocycles. The zero-order chi connectivity index (χ0) is 16.7. The summed E-state index contributed by atoms with van der Waals surface area (Å²) < 4.78 is 1.62. The van der Waals surface area contributed by atoms with Crippen LogP contribution in [0.5, 0.6) is 0 Å². The van der Waals surface area contributed by atoms with Gasteiger partial charge in [0.05, 0.1) is 35.1 Å². The molecule has 0 bridgehead atoms. The van der Waals surface area contributed by atoms with E-state index in [9.17, 15) is 0 Å². The Kier molecular flexibility index (Phi) is 4.43. The van der Waals surface area contributed by atoms with Gasteiger partial charge in [-0.3, -0.25) is 14.6 Å². The summed E-state index contributed by atoms with van der Waals surface area (Å²) >= 11 is 0. The van der Waals surface area contributed by atoms with Crippen molar-refractivity contribution in [3.63, 3.8) is 0 Å². The van der Waals surface area contributed by atoms with Crippen LogP contribution in [0.3, 0.4) is 0 Å². The zero-order valence-corrected chi connectivity index (χ0v) is 14.4. The maximum Gasteiger partial charge on any atom is 0.130 e. The van der Waals surface area contributed by atoms with Gasteiger partial charge >= 0.3 is 0 Å². The first-order valence-corrected chi connectivity index (χ1v) is 7.77. The van der Waals surface area contributed by atoms with Crippen molar-refractivity contribution in [3.05, 3.63) is 48.4 Å². The second kappa shape index (κ2) is 6.54. The van der Waals surface area contributed by atoms with Crippen LogP contribution in [0.1, 0.15) is 17.9 Å². The van der Waals surface area contributed by atoms with Crippen molar-refractivity contribution < 1.29 is 0 Å². The van der Waals surface area contributed by atoms with Crippen molar-refractivity contribution in [1.29, 1.82) is 5.26 Å². The molecule has 1 aliphatic rings. The molecule has 2 unspecified atom stereocenters. The Morgan fingerprint density at radius 1 is 1.12 bits per heavy atom. The standard InChI is InChI=1S/C18H16N6.ClH/c1-24-18(20)15(10-23-24)17-5-3-12(9-22-17)16-4-2-11(8-21-16)14-6-13(14)7-19;/h2-5,8-10,13-14H,6,20H2,1H3;1H. The summed E-state index contributed by atoms with van der Waals surface area (Å²) in [5.74, 6) is 1.10. The smallest absolute Gasteiger partial charge is 0.130 e. The van der Waals surface area contributed by atoms with E-state index in [1.807, 2.05) is 24.4 Å². The molecule has 3 aromatic heterocycles. The van der Waals surface area contributed by atoms with E-state index in [0.717, 1.165) is 34.5 Å². The number of halogens is 1. The van der Waals surface area contributed by atoms with E-state index in [4.69, 9.17) is 11.0 Å². The minimum atomic E-state index is 0. The lowest BCUT2D eigenvalue weighted by atomic mass is 10.1. The molecule has 0 spiro atoms. The lowest BCUT2D eigenvalue weighted by Gasteiger charge is -2.04. The predicted octanol–water partition coefficient (Wildman–Crippen LogP) is 3.18. The summed E-state index contributed by atoms with van der Waals surface area (Å²) in [6, 6.07) is 10.2. The van der Waals surface area contributed by atoms with Gasteiger partial charge in [-0.05, 0) is 30.2 Å². The average molecular weight is 353 g/mol. The van der Waals surface area contributed by atoms with Gasteiger partial charge in [0.25, 0.3) is 0 Å². The molecule has 2 atom stereocenters. The van der Waals surface area contributed by atoms with E-state index in [-0.39, 0.29) is 18.3 Å². The van der Waals surface area contributed by atoms with Gasteiger partial charge < -0.3 is 5.73 Å². The highest BCUT2D eigenvalue weighted by Crippen LogP contribution is 2.46. The van der Waals surface area contributed by atoms with Crippen LogP contribution in [0.2, 0.25) is 0 Å². The van der Waals surface area contributed by atoms with Crippen LogP contribution in [0.4, 0.5) is 5.82 Å². The molecular weight excluding hydrogens is 336 g/mol. The van der Waals surface area contributed by atoms with Crippen molar-refractivity contribution in [2.45, 2.75) is 12.3 Å². The maximum absolute atomic E-state index is 8.92. The molecule has 0 radical (unpaired) electrons. The van der Waals surface area contributed by atoms with Gasteiger partial charge in [-0.15, -0.1) is 12.4 Å². The zero-order valence-electron chi connectivity index (χ0n) is 13.6. The first-order chi connectivity index (χ1) is 11.7. The molecule has 25 heavy (non-hydrogen) atoms. The topological polar surface area (TPSA) is 93.4 Å². The van der Waals surface area contributed by atoms with Gasteiger partial charge in [-0.25, -0.2) is 0 Å². The molecule has 3 aromatic rings. The molecule has 7 heteroatoms. The minimum Gasteiger partial charge on any atom is -0.383 e. The van der Waals surface area contributed by atoms with Crippen LogP contribution in [0, 0.1) is 17.2 Å². The van der Waals surface area contributed by atoms with E-state index in [2.05, 4.69) is 27.2 Å². The molecule has 6 nitrogen and oxygen atoms in total. The Bertz CT molecular complexity index is 924. The van der Waals surface area contributed by atoms with Crippen LogP contribution in [-0.4, -0.2) is 19.7 Å². The number of nitriles is 1. The number of nitrogens with zero attached hydrogens (tertiary/aromatic N) is 5. The van der Waals surface area contributed by atoms with Gasteiger partial charge in [0.15, 0.2) is 0 Å². The number of nitrogen functional groups attached to an aromatic ring is 1. The third-order valence-corrected chi connectivity index (χ3v) is 4.49. The maximum atomic E-state index is 8.92. The average Bonchev–Trinajstić information content (AvgIpc) is 3.35. The van der Waals surface area contributed by atoms with Crippen LogP contribution in [0.25, 0.3) is 22.5 Å². The van der Waals surface area contributed by atoms with Crippen LogP contribution >= 0.6 is 12.4 Å². The van der Waals surface area contributed by atoms with E-state index < -0.39 is 0 Å². The summed E-state index contributed by atoms with van der Waals surface area (Å²) in [4.78, 5) is 8.99. The fourth-order valence-electron chi connectivity index (χ4n) is 2.85.